The van der Waals surface area contributed by atoms with Crippen LogP contribution >= 0.6 is 0 Å². The smallest absolute Gasteiger partial charge is 0.265 e. The lowest BCUT2D eigenvalue weighted by Crippen LogP contribution is -2.42. The molecule has 0 aliphatic carbocycles. The van der Waals surface area contributed by atoms with E-state index in [0.717, 1.165) is 12.3 Å². The van der Waals surface area contributed by atoms with E-state index in [9.17, 15) is 26.0 Å². The maximum absolute atomic E-state index is 14.3. The molecule has 1 aromatic carbocycles. The van der Waals surface area contributed by atoms with E-state index in [1.165, 1.54) is 23.4 Å². The van der Waals surface area contributed by atoms with Crippen molar-refractivity contribution in [2.24, 2.45) is 0 Å². The van der Waals surface area contributed by atoms with Crippen LogP contribution in [0.1, 0.15) is 24.8 Å². The highest BCUT2D eigenvalue weighted by Crippen LogP contribution is 2.31. The van der Waals surface area contributed by atoms with Gasteiger partial charge < -0.3 is 14.4 Å². The lowest BCUT2D eigenvalue weighted by Gasteiger charge is -2.32. The largest absolute Gasteiger partial charge is 0.474 e. The second-order valence-electron chi connectivity index (χ2n) is 7.81. The lowest BCUT2D eigenvalue weighted by molar-refractivity contribution is -0.132. The topological polar surface area (TPSA) is 153 Å². The Balaban J connectivity index is 1.62. The number of hydrogen-bond donors (Lipinski definition) is 1. The molecule has 0 spiro atoms. The maximum atomic E-state index is 14.3. The molecule has 14 heteroatoms. The number of amides is 1. The zero-order valence-corrected chi connectivity index (χ0v) is 20.1. The van der Waals surface area contributed by atoms with Crippen LogP contribution in [0.15, 0.2) is 29.4 Å². The minimum atomic E-state index is -4.20. The van der Waals surface area contributed by atoms with Gasteiger partial charge in [0.1, 0.15) is 12.4 Å². The second kappa shape index (κ2) is 10.2. The van der Waals surface area contributed by atoms with Gasteiger partial charge in [0.05, 0.1) is 16.2 Å². The van der Waals surface area contributed by atoms with Crippen LogP contribution in [0, 0.1) is 12.7 Å². The molecule has 1 amide bonds. The van der Waals surface area contributed by atoms with Crippen LogP contribution in [0.4, 0.5) is 4.39 Å². The molecule has 2 aromatic rings. The van der Waals surface area contributed by atoms with E-state index in [0.29, 0.717) is 31.5 Å². The maximum Gasteiger partial charge on any atom is 0.265 e. The molecule has 186 valence electrons. The molecule has 1 fully saturated rings. The third kappa shape index (κ3) is 6.84. The van der Waals surface area contributed by atoms with Gasteiger partial charge >= 0.3 is 0 Å². The summed E-state index contributed by atoms with van der Waals surface area (Å²) in [6.45, 7) is 2.32. The third-order valence-corrected chi connectivity index (χ3v) is 7.01. The fourth-order valence-corrected chi connectivity index (χ4v) is 4.36. The first-order chi connectivity index (χ1) is 15.8. The van der Waals surface area contributed by atoms with Crippen LogP contribution in [0.5, 0.6) is 17.5 Å². The van der Waals surface area contributed by atoms with E-state index in [-0.39, 0.29) is 40.8 Å². The molecular formula is C20H24FN3O8S2. The van der Waals surface area contributed by atoms with Crippen LogP contribution in [0.2, 0.25) is 0 Å². The Labute approximate surface area is 196 Å². The number of likely N-dealkylation sites (tertiary alicyclic amines) is 1. The fraction of sp³-hybridized carbons (Fsp3) is 0.450. The highest BCUT2D eigenvalue weighted by molar-refractivity contribution is 7.90. The molecule has 34 heavy (non-hydrogen) atoms. The number of nitrogens with zero attached hydrogens (tertiary/aromatic N) is 3. The Morgan fingerprint density at radius 1 is 1.18 bits per heavy atom. The van der Waals surface area contributed by atoms with E-state index in [1.54, 1.807) is 6.92 Å². The first-order valence-corrected chi connectivity index (χ1v) is 13.7. The number of hydrogen-bond acceptors (Lipinski definition) is 9. The van der Waals surface area contributed by atoms with Gasteiger partial charge in [-0.15, -0.1) is 0 Å². The molecule has 0 atom stereocenters. The number of carbonyl (C=O) groups is 1. The van der Waals surface area contributed by atoms with Crippen molar-refractivity contribution in [2.45, 2.75) is 37.2 Å². The van der Waals surface area contributed by atoms with Crippen molar-refractivity contribution in [3.8, 4) is 17.5 Å². The fourth-order valence-electron chi connectivity index (χ4n) is 3.30. The summed E-state index contributed by atoms with van der Waals surface area (Å²) in [6.07, 6.45) is 2.53. The highest BCUT2D eigenvalue weighted by Gasteiger charge is 2.26. The summed E-state index contributed by atoms with van der Waals surface area (Å²) in [5.41, 5.74) is 0.403. The molecule has 1 saturated heterocycles. The van der Waals surface area contributed by atoms with E-state index in [1.807, 2.05) is 0 Å². The van der Waals surface area contributed by atoms with Crippen molar-refractivity contribution in [2.75, 3.05) is 25.1 Å². The summed E-state index contributed by atoms with van der Waals surface area (Å²) in [7, 11) is -7.77. The Morgan fingerprint density at radius 2 is 1.82 bits per heavy atom. The van der Waals surface area contributed by atoms with Crippen molar-refractivity contribution < 1.29 is 40.0 Å². The minimum Gasteiger partial charge on any atom is -0.474 e. The first-order valence-electron chi connectivity index (χ1n) is 10.2. The second-order valence-corrected chi connectivity index (χ2v) is 11.4. The number of piperidine rings is 1. The first kappa shape index (κ1) is 25.8. The molecule has 1 aliphatic heterocycles. The summed E-state index contributed by atoms with van der Waals surface area (Å²) < 4.78 is 79.4. The Hall–Kier alpha value is -2.84. The zero-order chi connectivity index (χ0) is 25.1. The lowest BCUT2D eigenvalue weighted by atomic mass is 10.1. The molecule has 3 rings (SSSR count). The van der Waals surface area contributed by atoms with E-state index >= 15 is 0 Å². The normalized spacial score (nSPS) is 15.2. The molecule has 1 aliphatic rings. The van der Waals surface area contributed by atoms with E-state index < -0.39 is 31.5 Å². The molecule has 2 heterocycles. The average molecular weight is 518 g/mol. The van der Waals surface area contributed by atoms with E-state index in [4.69, 9.17) is 14.0 Å². The predicted molar refractivity (Wildman–Crippen MR) is 118 cm³/mol. The molecule has 0 radical (unpaired) electrons. The van der Waals surface area contributed by atoms with Crippen LogP contribution in [-0.2, 0) is 24.7 Å². The number of halogens is 1. The number of rotatable bonds is 8. The monoisotopic (exact) mass is 517 g/mol. The quantitative estimate of drug-likeness (QED) is 0.513. The predicted octanol–water partition coefficient (Wildman–Crippen LogP) is 1.77. The van der Waals surface area contributed by atoms with Gasteiger partial charge in [0.15, 0.2) is 21.4 Å². The van der Waals surface area contributed by atoms with Gasteiger partial charge in [-0.1, -0.05) is 0 Å². The van der Waals surface area contributed by atoms with Gasteiger partial charge in [0.2, 0.25) is 17.7 Å². The van der Waals surface area contributed by atoms with E-state index in [2.05, 4.69) is 9.97 Å². The third-order valence-electron chi connectivity index (χ3n) is 5.18. The Morgan fingerprint density at radius 3 is 2.41 bits per heavy atom. The standard InChI is InChI=1S/C20H24FN3O8S2/c1-13-19(31-14-5-8-24(9-6-14)18(25)7-10-34(28,29)30)22-12-23-20(13)32-17-4-3-15(11-16(17)21)33(2,26)27/h3-4,11-12,14H,5-10H2,1-2H3,(H,28,29,30). The van der Waals surface area contributed by atoms with Gasteiger partial charge in [-0.3, -0.25) is 9.35 Å². The zero-order valence-electron chi connectivity index (χ0n) is 18.5. The minimum absolute atomic E-state index is 0.0360. The summed E-state index contributed by atoms with van der Waals surface area (Å²) in [5, 5.41) is 0. The molecule has 0 unspecified atom stereocenters. The number of carbonyl (C=O) groups excluding carboxylic acids is 1. The number of benzene rings is 1. The summed E-state index contributed by atoms with van der Waals surface area (Å²) in [4.78, 5) is 21.5. The van der Waals surface area contributed by atoms with Crippen molar-refractivity contribution in [1.29, 1.82) is 0 Å². The average Bonchev–Trinajstić information content (AvgIpc) is 2.75. The molecule has 0 saturated carbocycles. The molecule has 1 aromatic heterocycles. The van der Waals surface area contributed by atoms with Crippen LogP contribution < -0.4 is 9.47 Å². The van der Waals surface area contributed by atoms with Crippen molar-refractivity contribution >= 4 is 25.9 Å². The van der Waals surface area contributed by atoms with Gasteiger partial charge in [0, 0.05) is 38.6 Å². The van der Waals surface area contributed by atoms with Gasteiger partial charge in [-0.25, -0.2) is 22.8 Å². The molecule has 1 N–H and O–H groups in total. The highest BCUT2D eigenvalue weighted by atomic mass is 32.2. The van der Waals surface area contributed by atoms with Crippen molar-refractivity contribution in [1.82, 2.24) is 14.9 Å². The molecular weight excluding hydrogens is 493 g/mol. The van der Waals surface area contributed by atoms with Gasteiger partial charge in [-0.05, 0) is 25.1 Å². The van der Waals surface area contributed by atoms with Gasteiger partial charge in [-0.2, -0.15) is 8.42 Å². The van der Waals surface area contributed by atoms with Crippen LogP contribution in [-0.4, -0.2) is 73.4 Å². The number of aromatic nitrogens is 2. The summed E-state index contributed by atoms with van der Waals surface area (Å²) >= 11 is 0. The van der Waals surface area contributed by atoms with Gasteiger partial charge in [0.25, 0.3) is 10.1 Å². The van der Waals surface area contributed by atoms with Crippen molar-refractivity contribution in [3.05, 3.63) is 35.9 Å². The molecule has 0 bridgehead atoms. The number of ether oxygens (including phenoxy) is 2. The summed E-state index contributed by atoms with van der Waals surface area (Å²) in [5.74, 6) is -1.81. The Bertz CT molecular complexity index is 1280. The van der Waals surface area contributed by atoms with Crippen molar-refractivity contribution in [3.63, 3.8) is 0 Å². The SMILES string of the molecule is Cc1c(Oc2ccc(S(C)(=O)=O)cc2F)ncnc1OC1CCN(C(=O)CCS(=O)(=O)O)CC1. The molecule has 11 nitrogen and oxygen atoms in total. The van der Waals surface area contributed by atoms with Crippen LogP contribution in [0.3, 0.4) is 0 Å². The number of sulfone groups is 1. The Kier molecular flexibility index (Phi) is 7.73. The van der Waals surface area contributed by atoms with Crippen LogP contribution in [0.25, 0.3) is 0 Å². The summed E-state index contributed by atoms with van der Waals surface area (Å²) in [6, 6.07) is 3.29.